The van der Waals surface area contributed by atoms with E-state index in [1.54, 1.807) is 12.1 Å². The molecule has 2 aromatic rings. The third kappa shape index (κ3) is 2.10. The number of aromatic nitrogens is 2. The Labute approximate surface area is 93.1 Å². The van der Waals surface area contributed by atoms with E-state index in [-0.39, 0.29) is 12.4 Å². The van der Waals surface area contributed by atoms with Crippen molar-refractivity contribution in [2.75, 3.05) is 0 Å². The topological polar surface area (TPSA) is 61.2 Å². The Hall–Kier alpha value is -1.56. The summed E-state index contributed by atoms with van der Waals surface area (Å²) >= 11 is 3.14. The van der Waals surface area contributed by atoms with E-state index in [1.807, 2.05) is 0 Å². The zero-order valence-electron chi connectivity index (χ0n) is 7.64. The van der Waals surface area contributed by atoms with Crippen LogP contribution < -0.4 is 5.76 Å². The molecule has 0 aliphatic rings. The van der Waals surface area contributed by atoms with Crippen molar-refractivity contribution in [3.05, 3.63) is 40.0 Å². The monoisotopic (exact) mass is 270 g/mol. The zero-order valence-corrected chi connectivity index (χ0v) is 9.23. The van der Waals surface area contributed by atoms with Crippen LogP contribution in [0.5, 0.6) is 0 Å². The van der Waals surface area contributed by atoms with Crippen LogP contribution in [-0.2, 0) is 6.54 Å². The van der Waals surface area contributed by atoms with Crippen molar-refractivity contribution in [2.45, 2.75) is 6.54 Å². The summed E-state index contributed by atoms with van der Waals surface area (Å²) in [5.74, 6) is 0.0479. The van der Waals surface area contributed by atoms with Gasteiger partial charge in [0.05, 0.1) is 12.8 Å². The summed E-state index contributed by atoms with van der Waals surface area (Å²) in [6.45, 7) is 3.88. The van der Waals surface area contributed by atoms with Gasteiger partial charge in [0.2, 0.25) is 0 Å². The van der Waals surface area contributed by atoms with Crippen LogP contribution in [0.1, 0.15) is 0 Å². The highest BCUT2D eigenvalue weighted by Gasteiger charge is 2.12. The molecule has 0 bridgehead atoms. The van der Waals surface area contributed by atoms with E-state index < -0.39 is 5.76 Å². The van der Waals surface area contributed by atoms with Crippen molar-refractivity contribution >= 4 is 15.9 Å². The van der Waals surface area contributed by atoms with Gasteiger partial charge in [-0.2, -0.15) is 4.68 Å². The molecule has 15 heavy (non-hydrogen) atoms. The molecule has 0 fully saturated rings. The number of rotatable bonds is 3. The van der Waals surface area contributed by atoms with Gasteiger partial charge in [-0.05, 0) is 12.1 Å². The molecule has 2 heterocycles. The predicted octanol–water partition coefficient (Wildman–Crippen LogP) is 2.00. The normalized spacial score (nSPS) is 10.5. The Kier molecular flexibility index (Phi) is 2.59. The lowest BCUT2D eigenvalue weighted by atomic mass is 10.5. The second-order valence-corrected chi connectivity index (χ2v) is 3.95. The Bertz CT molecular complexity index is 524. The van der Waals surface area contributed by atoms with Gasteiger partial charge in [0.15, 0.2) is 5.76 Å². The molecule has 0 aromatic carbocycles. The van der Waals surface area contributed by atoms with Gasteiger partial charge in [-0.15, -0.1) is 5.10 Å². The molecule has 0 saturated carbocycles. The highest BCUT2D eigenvalue weighted by molar-refractivity contribution is 9.11. The molecule has 78 valence electrons. The van der Waals surface area contributed by atoms with E-state index in [0.29, 0.717) is 10.2 Å². The third-order valence-corrected chi connectivity index (χ3v) is 1.91. The molecule has 0 aliphatic carbocycles. The smallest absolute Gasteiger partial charge is 0.437 e. The van der Waals surface area contributed by atoms with Crippen LogP contribution >= 0.6 is 15.9 Å². The van der Waals surface area contributed by atoms with Gasteiger partial charge in [-0.3, -0.25) is 0 Å². The van der Waals surface area contributed by atoms with Crippen LogP contribution in [0.15, 0.2) is 43.1 Å². The quantitative estimate of drug-likeness (QED) is 0.856. The molecule has 2 rings (SSSR count). The molecule has 0 N–H and O–H groups in total. The Balaban J connectivity index is 2.37. The molecule has 6 heteroatoms. The van der Waals surface area contributed by atoms with Crippen LogP contribution in [0.25, 0.3) is 11.7 Å². The first-order valence-corrected chi connectivity index (χ1v) is 4.91. The van der Waals surface area contributed by atoms with Gasteiger partial charge in [-0.1, -0.05) is 22.5 Å². The fraction of sp³-hybridized carbons (Fsp3) is 0.111. The first-order valence-electron chi connectivity index (χ1n) is 4.12. The number of hydrogen-bond acceptors (Lipinski definition) is 4. The summed E-state index contributed by atoms with van der Waals surface area (Å²) in [5, 5.41) is 3.95. The van der Waals surface area contributed by atoms with Crippen molar-refractivity contribution < 1.29 is 8.83 Å². The van der Waals surface area contributed by atoms with Gasteiger partial charge >= 0.3 is 5.76 Å². The average Bonchev–Trinajstić information content (AvgIpc) is 2.75. The van der Waals surface area contributed by atoms with E-state index >= 15 is 0 Å². The van der Waals surface area contributed by atoms with Crippen LogP contribution in [0, 0.1) is 0 Å². The van der Waals surface area contributed by atoms with Gasteiger partial charge in [-0.25, -0.2) is 4.79 Å². The van der Waals surface area contributed by atoms with E-state index in [9.17, 15) is 4.79 Å². The highest BCUT2D eigenvalue weighted by Crippen LogP contribution is 2.15. The minimum Gasteiger partial charge on any atom is -0.459 e. The minimum atomic E-state index is -0.540. The molecule has 5 nitrogen and oxygen atoms in total. The van der Waals surface area contributed by atoms with Crippen LogP contribution in [0.4, 0.5) is 0 Å². The van der Waals surface area contributed by atoms with Crippen LogP contribution in [-0.4, -0.2) is 9.78 Å². The maximum Gasteiger partial charge on any atom is 0.437 e. The number of hydrogen-bond donors (Lipinski definition) is 0. The van der Waals surface area contributed by atoms with Crippen molar-refractivity contribution in [2.24, 2.45) is 0 Å². The van der Waals surface area contributed by atoms with Crippen molar-refractivity contribution in [1.29, 1.82) is 0 Å². The first-order chi connectivity index (χ1) is 7.16. The summed E-state index contributed by atoms with van der Waals surface area (Å²) in [5.41, 5.74) is 0. The standard InChI is InChI=1S/C9H7BrN2O3/c1-6(10)5-12-9(13)15-8(11-12)7-3-2-4-14-7/h2-4H,1,5H2. The predicted molar refractivity (Wildman–Crippen MR) is 56.5 cm³/mol. The molecule has 0 unspecified atom stereocenters. The molecule has 0 amide bonds. The Morgan fingerprint density at radius 3 is 3.07 bits per heavy atom. The summed E-state index contributed by atoms with van der Waals surface area (Å²) in [6.07, 6.45) is 1.48. The summed E-state index contributed by atoms with van der Waals surface area (Å²) in [7, 11) is 0. The van der Waals surface area contributed by atoms with Crippen LogP contribution in [0.3, 0.4) is 0 Å². The first kappa shape index (κ1) is 9.97. The fourth-order valence-corrected chi connectivity index (χ4v) is 1.31. The number of nitrogens with zero attached hydrogens (tertiary/aromatic N) is 2. The molecule has 0 atom stereocenters. The second-order valence-electron chi connectivity index (χ2n) is 2.83. The summed E-state index contributed by atoms with van der Waals surface area (Å²) in [4.78, 5) is 11.3. The second kappa shape index (κ2) is 3.90. The lowest BCUT2D eigenvalue weighted by Crippen LogP contribution is -2.15. The zero-order chi connectivity index (χ0) is 10.8. The Morgan fingerprint density at radius 1 is 1.67 bits per heavy atom. The summed E-state index contributed by atoms with van der Waals surface area (Å²) in [6, 6.07) is 3.36. The van der Waals surface area contributed by atoms with E-state index in [0.717, 1.165) is 4.68 Å². The lowest BCUT2D eigenvalue weighted by Gasteiger charge is -1.92. The van der Waals surface area contributed by atoms with Gasteiger partial charge in [0.1, 0.15) is 0 Å². The molecule has 0 saturated heterocycles. The SMILES string of the molecule is C=C(Br)Cn1nc(-c2ccco2)oc1=O. The van der Waals surface area contributed by atoms with Gasteiger partial charge < -0.3 is 8.83 Å². The van der Waals surface area contributed by atoms with Crippen molar-refractivity contribution in [3.63, 3.8) is 0 Å². The van der Waals surface area contributed by atoms with Crippen molar-refractivity contribution in [1.82, 2.24) is 9.78 Å². The van der Waals surface area contributed by atoms with Crippen molar-refractivity contribution in [3.8, 4) is 11.7 Å². The maximum atomic E-state index is 11.3. The summed E-state index contributed by atoms with van der Waals surface area (Å²) < 4.78 is 11.8. The third-order valence-electron chi connectivity index (χ3n) is 1.66. The number of allylic oxidation sites excluding steroid dienone is 1. The minimum absolute atomic E-state index is 0.166. The number of halogens is 1. The molecular weight excluding hydrogens is 264 g/mol. The maximum absolute atomic E-state index is 11.3. The number of furan rings is 1. The van der Waals surface area contributed by atoms with E-state index in [4.69, 9.17) is 8.83 Å². The van der Waals surface area contributed by atoms with E-state index in [1.165, 1.54) is 6.26 Å². The fourth-order valence-electron chi connectivity index (χ4n) is 1.07. The van der Waals surface area contributed by atoms with Crippen LogP contribution in [0.2, 0.25) is 0 Å². The highest BCUT2D eigenvalue weighted by atomic mass is 79.9. The molecule has 0 radical (unpaired) electrons. The van der Waals surface area contributed by atoms with Gasteiger partial charge in [0.25, 0.3) is 5.89 Å². The Morgan fingerprint density at radius 2 is 2.47 bits per heavy atom. The average molecular weight is 271 g/mol. The molecule has 0 aliphatic heterocycles. The van der Waals surface area contributed by atoms with E-state index in [2.05, 4.69) is 27.6 Å². The molecule has 0 spiro atoms. The molecule has 2 aromatic heterocycles. The van der Waals surface area contributed by atoms with Gasteiger partial charge in [0, 0.05) is 4.48 Å². The lowest BCUT2D eigenvalue weighted by molar-refractivity contribution is 0.477. The largest absolute Gasteiger partial charge is 0.459 e. The molecular formula is C9H7BrN2O3.